The van der Waals surface area contributed by atoms with E-state index in [2.05, 4.69) is 36.1 Å². The quantitative estimate of drug-likeness (QED) is 0.464. The molecule has 0 aliphatic carbocycles. The van der Waals surface area contributed by atoms with Crippen LogP contribution in [0.2, 0.25) is 0 Å². The molecule has 1 aliphatic rings. The van der Waals surface area contributed by atoms with E-state index in [1.807, 2.05) is 6.92 Å². The van der Waals surface area contributed by atoms with E-state index in [9.17, 15) is 4.79 Å². The van der Waals surface area contributed by atoms with Crippen molar-refractivity contribution in [3.63, 3.8) is 0 Å². The highest BCUT2D eigenvalue weighted by molar-refractivity contribution is 5.72. The van der Waals surface area contributed by atoms with Gasteiger partial charge in [0.2, 0.25) is 0 Å². The number of carbonyl (C=O) groups is 1. The Morgan fingerprint density at radius 2 is 1.80 bits per heavy atom. The van der Waals surface area contributed by atoms with Crippen molar-refractivity contribution in [1.82, 2.24) is 4.90 Å². The summed E-state index contributed by atoms with van der Waals surface area (Å²) in [5, 5.41) is 0. The first kappa shape index (κ1) is 19.8. The smallest absolute Gasteiger partial charge is 0.309 e. The molecule has 0 radical (unpaired) electrons. The third-order valence-electron chi connectivity index (χ3n) is 4.80. The minimum atomic E-state index is -0.0254. The van der Waals surface area contributed by atoms with Gasteiger partial charge in [0.15, 0.2) is 0 Å². The molecular formula is C21H33NO3. The predicted molar refractivity (Wildman–Crippen MR) is 101 cm³/mol. The molecule has 1 aromatic carbocycles. The van der Waals surface area contributed by atoms with Gasteiger partial charge in [0.25, 0.3) is 0 Å². The fourth-order valence-electron chi connectivity index (χ4n) is 3.26. The number of hydrogen-bond donors (Lipinski definition) is 0. The molecule has 0 unspecified atom stereocenters. The van der Waals surface area contributed by atoms with E-state index in [1.54, 1.807) is 0 Å². The van der Waals surface area contributed by atoms with E-state index >= 15 is 0 Å². The highest BCUT2D eigenvalue weighted by Crippen LogP contribution is 2.21. The minimum Gasteiger partial charge on any atom is -0.494 e. The summed E-state index contributed by atoms with van der Waals surface area (Å²) >= 11 is 0. The Morgan fingerprint density at radius 3 is 2.44 bits per heavy atom. The molecule has 1 aliphatic heterocycles. The summed E-state index contributed by atoms with van der Waals surface area (Å²) in [6.07, 6.45) is 6.72. The first-order chi connectivity index (χ1) is 12.2. The standard InChI is InChI=1S/C21H33NO3/c1-3-5-6-7-16-25-20-10-8-18(9-11-20)17-22-14-12-19(13-15-22)21(23)24-4-2/h8-11,19H,3-7,12-17H2,1-2H3. The molecule has 0 amide bonds. The number of esters is 1. The number of carbonyl (C=O) groups excluding carboxylic acids is 1. The Balaban J connectivity index is 1.68. The monoisotopic (exact) mass is 347 g/mol. The van der Waals surface area contributed by atoms with Gasteiger partial charge in [-0.3, -0.25) is 9.69 Å². The average molecular weight is 347 g/mol. The van der Waals surface area contributed by atoms with E-state index in [0.29, 0.717) is 6.61 Å². The van der Waals surface area contributed by atoms with Gasteiger partial charge in [-0.25, -0.2) is 0 Å². The lowest BCUT2D eigenvalue weighted by Gasteiger charge is -2.30. The van der Waals surface area contributed by atoms with Gasteiger partial charge in [0.05, 0.1) is 19.1 Å². The second-order valence-electron chi connectivity index (χ2n) is 6.86. The molecule has 4 heteroatoms. The first-order valence-electron chi connectivity index (χ1n) is 9.83. The van der Waals surface area contributed by atoms with Gasteiger partial charge in [0, 0.05) is 6.54 Å². The molecule has 4 nitrogen and oxygen atoms in total. The highest BCUT2D eigenvalue weighted by atomic mass is 16.5. The number of rotatable bonds is 10. The summed E-state index contributed by atoms with van der Waals surface area (Å²) < 4.78 is 10.9. The SMILES string of the molecule is CCCCCCOc1ccc(CN2CCC(C(=O)OCC)CC2)cc1. The fourth-order valence-corrected chi connectivity index (χ4v) is 3.26. The molecule has 1 heterocycles. The van der Waals surface area contributed by atoms with E-state index in [1.165, 1.54) is 24.8 Å². The molecule has 0 aromatic heterocycles. The lowest BCUT2D eigenvalue weighted by atomic mass is 9.96. The topological polar surface area (TPSA) is 38.8 Å². The van der Waals surface area contributed by atoms with Gasteiger partial charge in [-0.2, -0.15) is 0 Å². The summed E-state index contributed by atoms with van der Waals surface area (Å²) in [5.41, 5.74) is 1.30. The van der Waals surface area contributed by atoms with Crippen molar-refractivity contribution in [1.29, 1.82) is 0 Å². The Labute approximate surface area is 152 Å². The van der Waals surface area contributed by atoms with Gasteiger partial charge in [0.1, 0.15) is 5.75 Å². The van der Waals surface area contributed by atoms with Crippen LogP contribution in [0.25, 0.3) is 0 Å². The van der Waals surface area contributed by atoms with Crippen LogP contribution in [0.1, 0.15) is 57.9 Å². The summed E-state index contributed by atoms with van der Waals surface area (Å²) in [7, 11) is 0. The highest BCUT2D eigenvalue weighted by Gasteiger charge is 2.25. The van der Waals surface area contributed by atoms with Crippen molar-refractivity contribution >= 4 is 5.97 Å². The Bertz CT molecular complexity index is 492. The van der Waals surface area contributed by atoms with Crippen molar-refractivity contribution in [2.45, 2.75) is 58.9 Å². The van der Waals surface area contributed by atoms with Gasteiger partial charge in [-0.1, -0.05) is 38.3 Å². The van der Waals surface area contributed by atoms with Crippen molar-refractivity contribution in [3.05, 3.63) is 29.8 Å². The fraction of sp³-hybridized carbons (Fsp3) is 0.667. The van der Waals surface area contributed by atoms with Crippen LogP contribution < -0.4 is 4.74 Å². The normalized spacial score (nSPS) is 15.9. The van der Waals surface area contributed by atoms with Crippen molar-refractivity contribution in [3.8, 4) is 5.75 Å². The maximum absolute atomic E-state index is 11.8. The van der Waals surface area contributed by atoms with Crippen LogP contribution in [-0.4, -0.2) is 37.2 Å². The lowest BCUT2D eigenvalue weighted by molar-refractivity contribution is -0.149. The van der Waals surface area contributed by atoms with Crippen LogP contribution in [0.15, 0.2) is 24.3 Å². The zero-order chi connectivity index (χ0) is 17.9. The van der Waals surface area contributed by atoms with Gasteiger partial charge in [-0.05, 0) is 57.0 Å². The number of hydrogen-bond acceptors (Lipinski definition) is 4. The van der Waals surface area contributed by atoms with Crippen LogP contribution >= 0.6 is 0 Å². The number of likely N-dealkylation sites (tertiary alicyclic amines) is 1. The average Bonchev–Trinajstić information content (AvgIpc) is 2.64. The maximum atomic E-state index is 11.8. The zero-order valence-electron chi connectivity index (χ0n) is 15.8. The number of nitrogens with zero attached hydrogens (tertiary/aromatic N) is 1. The number of benzene rings is 1. The third-order valence-corrected chi connectivity index (χ3v) is 4.80. The summed E-state index contributed by atoms with van der Waals surface area (Å²) in [6.45, 7) is 8.22. The van der Waals surface area contributed by atoms with Crippen LogP contribution in [0.3, 0.4) is 0 Å². The van der Waals surface area contributed by atoms with Crippen molar-refractivity contribution in [2.75, 3.05) is 26.3 Å². The van der Waals surface area contributed by atoms with Gasteiger partial charge < -0.3 is 9.47 Å². The molecule has 25 heavy (non-hydrogen) atoms. The number of unbranched alkanes of at least 4 members (excludes halogenated alkanes) is 3. The molecule has 1 aromatic rings. The second kappa shape index (κ2) is 11.1. The van der Waals surface area contributed by atoms with E-state index < -0.39 is 0 Å². The third kappa shape index (κ3) is 7.07. The summed E-state index contributed by atoms with van der Waals surface area (Å²) in [5.74, 6) is 1.02. The Morgan fingerprint density at radius 1 is 1.08 bits per heavy atom. The summed E-state index contributed by atoms with van der Waals surface area (Å²) in [6, 6.07) is 8.44. The summed E-state index contributed by atoms with van der Waals surface area (Å²) in [4.78, 5) is 14.2. The molecule has 0 N–H and O–H groups in total. The van der Waals surface area contributed by atoms with Crippen LogP contribution in [0.4, 0.5) is 0 Å². The number of piperidine rings is 1. The van der Waals surface area contributed by atoms with Crippen molar-refractivity contribution in [2.24, 2.45) is 5.92 Å². The lowest BCUT2D eigenvalue weighted by Crippen LogP contribution is -2.36. The second-order valence-corrected chi connectivity index (χ2v) is 6.86. The minimum absolute atomic E-state index is 0.0254. The molecule has 0 atom stereocenters. The zero-order valence-corrected chi connectivity index (χ0v) is 15.8. The molecule has 0 spiro atoms. The predicted octanol–water partition coefficient (Wildman–Crippen LogP) is 4.42. The maximum Gasteiger partial charge on any atom is 0.309 e. The largest absolute Gasteiger partial charge is 0.494 e. The van der Waals surface area contributed by atoms with E-state index in [0.717, 1.165) is 51.3 Å². The molecule has 0 saturated carbocycles. The van der Waals surface area contributed by atoms with Crippen LogP contribution in [-0.2, 0) is 16.1 Å². The molecule has 140 valence electrons. The van der Waals surface area contributed by atoms with Crippen LogP contribution in [0, 0.1) is 5.92 Å². The molecule has 0 bridgehead atoms. The van der Waals surface area contributed by atoms with Crippen LogP contribution in [0.5, 0.6) is 5.75 Å². The first-order valence-corrected chi connectivity index (χ1v) is 9.83. The van der Waals surface area contributed by atoms with Gasteiger partial charge in [-0.15, -0.1) is 0 Å². The molecule has 1 saturated heterocycles. The van der Waals surface area contributed by atoms with Crippen molar-refractivity contribution < 1.29 is 14.3 Å². The van der Waals surface area contributed by atoms with E-state index in [-0.39, 0.29) is 11.9 Å². The Hall–Kier alpha value is -1.55. The molecular weight excluding hydrogens is 314 g/mol. The number of ether oxygens (including phenoxy) is 2. The van der Waals surface area contributed by atoms with E-state index in [4.69, 9.17) is 9.47 Å². The molecule has 2 rings (SSSR count). The molecule has 1 fully saturated rings. The van der Waals surface area contributed by atoms with Gasteiger partial charge >= 0.3 is 5.97 Å². The Kier molecular flexibility index (Phi) is 8.81.